The molecule has 1 aromatic heterocycles. The highest BCUT2D eigenvalue weighted by atomic mass is 19.1. The summed E-state index contributed by atoms with van der Waals surface area (Å²) in [6.07, 6.45) is 3.86. The molecule has 0 N–H and O–H groups in total. The standard InChI is InChI=1S/C23H24FN3O/c1-16(17-8-4-3-5-9-17)26(2)23(28)22-20-10-6-7-11-21(20)27(25-22)19-14-12-18(24)13-15-19/h3-5,8-9,12-16H,6-7,10-11H2,1-2H3. The van der Waals surface area contributed by atoms with Gasteiger partial charge in [-0.05, 0) is 62.4 Å². The van der Waals surface area contributed by atoms with E-state index in [0.717, 1.165) is 48.2 Å². The lowest BCUT2D eigenvalue weighted by molar-refractivity contribution is 0.0735. The number of amides is 1. The smallest absolute Gasteiger partial charge is 0.274 e. The van der Waals surface area contributed by atoms with Crippen LogP contribution >= 0.6 is 0 Å². The van der Waals surface area contributed by atoms with E-state index in [1.807, 2.05) is 49.0 Å². The lowest BCUT2D eigenvalue weighted by atomic mass is 9.95. The number of fused-ring (bicyclic) bond motifs is 1. The number of benzene rings is 2. The first-order valence-corrected chi connectivity index (χ1v) is 9.75. The number of aromatic nitrogens is 2. The average molecular weight is 377 g/mol. The largest absolute Gasteiger partial charge is 0.334 e. The predicted octanol–water partition coefficient (Wildman–Crippen LogP) is 4.72. The molecule has 1 amide bonds. The summed E-state index contributed by atoms with van der Waals surface area (Å²) in [6, 6.07) is 16.2. The molecule has 0 aliphatic heterocycles. The first-order valence-electron chi connectivity index (χ1n) is 9.75. The van der Waals surface area contributed by atoms with Gasteiger partial charge in [-0.2, -0.15) is 5.10 Å². The lowest BCUT2D eigenvalue weighted by Gasteiger charge is -2.25. The fraction of sp³-hybridized carbons (Fsp3) is 0.304. The Balaban J connectivity index is 1.71. The Morgan fingerprint density at radius 3 is 2.46 bits per heavy atom. The highest BCUT2D eigenvalue weighted by Gasteiger charge is 2.29. The van der Waals surface area contributed by atoms with Crippen LogP contribution in [0.3, 0.4) is 0 Å². The molecule has 3 aromatic rings. The molecule has 4 rings (SSSR count). The lowest BCUT2D eigenvalue weighted by Crippen LogP contribution is -2.30. The molecular formula is C23H24FN3O. The topological polar surface area (TPSA) is 38.1 Å². The van der Waals surface area contributed by atoms with Gasteiger partial charge < -0.3 is 4.90 Å². The first kappa shape index (κ1) is 18.4. The molecule has 1 aliphatic rings. The highest BCUT2D eigenvalue weighted by Crippen LogP contribution is 2.29. The molecule has 144 valence electrons. The Kier molecular flexibility index (Phi) is 4.99. The van der Waals surface area contributed by atoms with Crippen LogP contribution < -0.4 is 0 Å². The van der Waals surface area contributed by atoms with Crippen LogP contribution in [-0.2, 0) is 12.8 Å². The van der Waals surface area contributed by atoms with E-state index < -0.39 is 0 Å². The number of nitrogens with zero attached hydrogens (tertiary/aromatic N) is 3. The monoisotopic (exact) mass is 377 g/mol. The summed E-state index contributed by atoms with van der Waals surface area (Å²) in [5.41, 5.74) is 4.50. The van der Waals surface area contributed by atoms with Crippen molar-refractivity contribution in [2.75, 3.05) is 7.05 Å². The molecule has 0 saturated carbocycles. The van der Waals surface area contributed by atoms with Gasteiger partial charge in [-0.1, -0.05) is 30.3 Å². The molecule has 2 aromatic carbocycles. The van der Waals surface area contributed by atoms with Gasteiger partial charge in [0.15, 0.2) is 5.69 Å². The van der Waals surface area contributed by atoms with E-state index in [4.69, 9.17) is 5.10 Å². The van der Waals surface area contributed by atoms with Gasteiger partial charge in [-0.15, -0.1) is 0 Å². The number of rotatable bonds is 4. The molecule has 0 saturated heterocycles. The maximum atomic E-state index is 13.3. The van der Waals surface area contributed by atoms with Gasteiger partial charge in [0.05, 0.1) is 11.7 Å². The van der Waals surface area contributed by atoms with Crippen molar-refractivity contribution in [3.63, 3.8) is 0 Å². The van der Waals surface area contributed by atoms with Crippen LogP contribution in [0.4, 0.5) is 4.39 Å². The molecule has 1 atom stereocenters. The van der Waals surface area contributed by atoms with Crippen molar-refractivity contribution in [3.8, 4) is 5.69 Å². The molecule has 0 spiro atoms. The third-order valence-electron chi connectivity index (χ3n) is 5.64. The molecule has 0 radical (unpaired) electrons. The van der Waals surface area contributed by atoms with E-state index in [1.165, 1.54) is 12.1 Å². The van der Waals surface area contributed by atoms with E-state index >= 15 is 0 Å². The molecule has 28 heavy (non-hydrogen) atoms. The number of carbonyl (C=O) groups is 1. The zero-order valence-corrected chi connectivity index (χ0v) is 16.2. The van der Waals surface area contributed by atoms with Crippen molar-refractivity contribution in [1.82, 2.24) is 14.7 Å². The second-order valence-corrected chi connectivity index (χ2v) is 7.37. The van der Waals surface area contributed by atoms with Gasteiger partial charge in [-0.25, -0.2) is 9.07 Å². The van der Waals surface area contributed by atoms with Crippen molar-refractivity contribution in [3.05, 3.63) is 82.9 Å². The first-order chi connectivity index (χ1) is 13.6. The van der Waals surface area contributed by atoms with Gasteiger partial charge in [0.25, 0.3) is 5.91 Å². The molecule has 1 aliphatic carbocycles. The van der Waals surface area contributed by atoms with E-state index in [2.05, 4.69) is 0 Å². The van der Waals surface area contributed by atoms with Gasteiger partial charge in [0.1, 0.15) is 5.82 Å². The minimum Gasteiger partial charge on any atom is -0.334 e. The van der Waals surface area contributed by atoms with Crippen LogP contribution in [0.5, 0.6) is 0 Å². The summed E-state index contributed by atoms with van der Waals surface area (Å²) < 4.78 is 15.2. The van der Waals surface area contributed by atoms with E-state index in [0.29, 0.717) is 5.69 Å². The van der Waals surface area contributed by atoms with Crippen LogP contribution in [0.1, 0.15) is 53.1 Å². The second-order valence-electron chi connectivity index (χ2n) is 7.37. The SMILES string of the molecule is CC(c1ccccc1)N(C)C(=O)c1nn(-c2ccc(F)cc2)c2c1CCCC2. The third-order valence-corrected chi connectivity index (χ3v) is 5.64. The summed E-state index contributed by atoms with van der Waals surface area (Å²) in [5, 5.41) is 4.69. The van der Waals surface area contributed by atoms with Gasteiger partial charge in [0.2, 0.25) is 0 Å². The Hall–Kier alpha value is -2.95. The molecule has 1 unspecified atom stereocenters. The zero-order chi connectivity index (χ0) is 19.7. The Labute approximate surface area is 164 Å². The predicted molar refractivity (Wildman–Crippen MR) is 107 cm³/mol. The number of carbonyl (C=O) groups excluding carboxylic acids is 1. The minimum absolute atomic E-state index is 0.0519. The summed E-state index contributed by atoms with van der Waals surface area (Å²) in [4.78, 5) is 15.1. The summed E-state index contributed by atoms with van der Waals surface area (Å²) >= 11 is 0. The quantitative estimate of drug-likeness (QED) is 0.660. The van der Waals surface area contributed by atoms with Crippen LogP contribution in [0, 0.1) is 5.82 Å². The van der Waals surface area contributed by atoms with Crippen molar-refractivity contribution in [1.29, 1.82) is 0 Å². The Morgan fingerprint density at radius 1 is 1.07 bits per heavy atom. The van der Waals surface area contributed by atoms with Gasteiger partial charge in [0, 0.05) is 18.3 Å². The highest BCUT2D eigenvalue weighted by molar-refractivity contribution is 5.94. The fourth-order valence-electron chi connectivity index (χ4n) is 3.86. The van der Waals surface area contributed by atoms with Crippen LogP contribution in [0.15, 0.2) is 54.6 Å². The van der Waals surface area contributed by atoms with Crippen molar-refractivity contribution in [2.45, 2.75) is 38.6 Å². The van der Waals surface area contributed by atoms with E-state index in [9.17, 15) is 9.18 Å². The maximum absolute atomic E-state index is 13.3. The van der Waals surface area contributed by atoms with Crippen molar-refractivity contribution >= 4 is 5.91 Å². The fourth-order valence-corrected chi connectivity index (χ4v) is 3.86. The van der Waals surface area contributed by atoms with E-state index in [-0.39, 0.29) is 17.8 Å². The average Bonchev–Trinajstić information content (AvgIpc) is 3.13. The van der Waals surface area contributed by atoms with E-state index in [1.54, 1.807) is 17.0 Å². The normalized spacial score (nSPS) is 14.4. The second kappa shape index (κ2) is 7.58. The molecule has 5 heteroatoms. The van der Waals surface area contributed by atoms with Crippen LogP contribution in [0.2, 0.25) is 0 Å². The molecule has 0 fully saturated rings. The molecule has 0 bridgehead atoms. The summed E-state index contributed by atoms with van der Waals surface area (Å²) in [7, 11) is 1.83. The van der Waals surface area contributed by atoms with Crippen LogP contribution in [-0.4, -0.2) is 27.6 Å². The third kappa shape index (κ3) is 3.33. The van der Waals surface area contributed by atoms with Crippen molar-refractivity contribution in [2.24, 2.45) is 0 Å². The Morgan fingerprint density at radius 2 is 1.75 bits per heavy atom. The summed E-state index contributed by atoms with van der Waals surface area (Å²) in [5.74, 6) is -0.354. The van der Waals surface area contributed by atoms with Gasteiger partial charge in [-0.3, -0.25) is 4.79 Å². The maximum Gasteiger partial charge on any atom is 0.274 e. The number of hydrogen-bond acceptors (Lipinski definition) is 2. The zero-order valence-electron chi connectivity index (χ0n) is 16.2. The number of hydrogen-bond donors (Lipinski definition) is 0. The molecule has 1 heterocycles. The number of halogens is 1. The molecular weight excluding hydrogens is 353 g/mol. The van der Waals surface area contributed by atoms with Crippen molar-refractivity contribution < 1.29 is 9.18 Å². The summed E-state index contributed by atoms with van der Waals surface area (Å²) in [6.45, 7) is 2.02. The Bertz CT molecular complexity index is 979. The van der Waals surface area contributed by atoms with Crippen LogP contribution in [0.25, 0.3) is 5.69 Å². The van der Waals surface area contributed by atoms with Gasteiger partial charge >= 0.3 is 0 Å². The minimum atomic E-state index is -0.280. The molecule has 4 nitrogen and oxygen atoms in total.